The van der Waals surface area contributed by atoms with E-state index < -0.39 is 17.8 Å². The summed E-state index contributed by atoms with van der Waals surface area (Å²) in [6, 6.07) is 19.2. The van der Waals surface area contributed by atoms with Crippen LogP contribution in [0, 0.1) is 12.7 Å². The maximum atomic E-state index is 13.7. The summed E-state index contributed by atoms with van der Waals surface area (Å²) in [7, 11) is 0. The minimum absolute atomic E-state index is 0.169. The summed E-state index contributed by atoms with van der Waals surface area (Å²) in [4.78, 5) is 27.2. The second-order valence-electron chi connectivity index (χ2n) is 8.31. The third kappa shape index (κ3) is 5.35. The summed E-state index contributed by atoms with van der Waals surface area (Å²) < 4.78 is 21.5. The lowest BCUT2D eigenvalue weighted by molar-refractivity contribution is 0.102. The Kier molecular flexibility index (Phi) is 7.15. The molecule has 0 unspecified atom stereocenters. The van der Waals surface area contributed by atoms with Gasteiger partial charge in [0, 0.05) is 36.8 Å². The molecule has 4 rings (SSSR count). The van der Waals surface area contributed by atoms with Gasteiger partial charge in [-0.15, -0.1) is 0 Å². The van der Waals surface area contributed by atoms with E-state index in [2.05, 4.69) is 34.1 Å². The number of carbonyl (C=O) groups is 2. The van der Waals surface area contributed by atoms with Crippen LogP contribution in [0.5, 0.6) is 5.75 Å². The van der Waals surface area contributed by atoms with Crippen LogP contribution in [-0.2, 0) is 6.54 Å². The standard InChI is InChI=1S/C28H28FN3O3/c1-4-31(5-2)28(34)35-25-14-13-24-23(15-16-32(24)18-20-11-9-19(3)10-12-20)26(25)30-27(33)21-7-6-8-22(29)17-21/h6-17H,4-5,18H2,1-3H3,(H,30,33). The Balaban J connectivity index is 1.73. The zero-order valence-corrected chi connectivity index (χ0v) is 20.0. The van der Waals surface area contributed by atoms with E-state index in [1.807, 2.05) is 39.1 Å². The monoisotopic (exact) mass is 473 g/mol. The van der Waals surface area contributed by atoms with Gasteiger partial charge in [0.2, 0.25) is 0 Å². The minimum atomic E-state index is -0.506. The molecule has 180 valence electrons. The molecule has 3 aromatic carbocycles. The Morgan fingerprint density at radius 2 is 1.74 bits per heavy atom. The van der Waals surface area contributed by atoms with Gasteiger partial charge in [0.15, 0.2) is 5.75 Å². The number of rotatable bonds is 7. The molecule has 6 nitrogen and oxygen atoms in total. The first-order valence-corrected chi connectivity index (χ1v) is 11.6. The average Bonchev–Trinajstić information content (AvgIpc) is 3.25. The number of nitrogens with zero attached hydrogens (tertiary/aromatic N) is 2. The van der Waals surface area contributed by atoms with Crippen molar-refractivity contribution in [2.45, 2.75) is 27.3 Å². The normalized spacial score (nSPS) is 10.9. The van der Waals surface area contributed by atoms with E-state index in [-0.39, 0.29) is 11.3 Å². The summed E-state index contributed by atoms with van der Waals surface area (Å²) in [6.07, 6.45) is 1.42. The zero-order valence-electron chi connectivity index (χ0n) is 20.0. The van der Waals surface area contributed by atoms with Gasteiger partial charge < -0.3 is 19.5 Å². The summed E-state index contributed by atoms with van der Waals surface area (Å²) >= 11 is 0. The lowest BCUT2D eigenvalue weighted by Gasteiger charge is -2.20. The van der Waals surface area contributed by atoms with Crippen LogP contribution >= 0.6 is 0 Å². The summed E-state index contributed by atoms with van der Waals surface area (Å²) in [5, 5.41) is 3.56. The predicted molar refractivity (Wildman–Crippen MR) is 136 cm³/mol. The van der Waals surface area contributed by atoms with E-state index in [4.69, 9.17) is 4.74 Å². The second kappa shape index (κ2) is 10.4. The molecule has 0 atom stereocenters. The average molecular weight is 474 g/mol. The quantitative estimate of drug-likeness (QED) is 0.346. The van der Waals surface area contributed by atoms with Crippen LogP contribution in [-0.4, -0.2) is 34.6 Å². The Morgan fingerprint density at radius 1 is 1.00 bits per heavy atom. The zero-order chi connectivity index (χ0) is 24.9. The lowest BCUT2D eigenvalue weighted by Crippen LogP contribution is -2.33. The Morgan fingerprint density at radius 3 is 2.43 bits per heavy atom. The van der Waals surface area contributed by atoms with Crippen molar-refractivity contribution in [1.29, 1.82) is 0 Å². The van der Waals surface area contributed by atoms with Crippen molar-refractivity contribution in [3.05, 3.63) is 95.4 Å². The molecule has 0 spiro atoms. The number of halogens is 1. The minimum Gasteiger partial charge on any atom is -0.408 e. The van der Waals surface area contributed by atoms with E-state index in [0.717, 1.165) is 11.1 Å². The van der Waals surface area contributed by atoms with E-state index in [0.29, 0.717) is 30.7 Å². The Bertz CT molecular complexity index is 1360. The van der Waals surface area contributed by atoms with Gasteiger partial charge >= 0.3 is 6.09 Å². The molecule has 0 radical (unpaired) electrons. The molecule has 0 saturated heterocycles. The fraction of sp³-hybridized carbons (Fsp3) is 0.214. The van der Waals surface area contributed by atoms with Crippen molar-refractivity contribution < 1.29 is 18.7 Å². The van der Waals surface area contributed by atoms with Gasteiger partial charge in [-0.3, -0.25) is 4.79 Å². The molecule has 1 heterocycles. The first-order valence-electron chi connectivity index (χ1n) is 11.6. The highest BCUT2D eigenvalue weighted by Crippen LogP contribution is 2.35. The molecule has 0 aliphatic carbocycles. The number of hydrogen-bond donors (Lipinski definition) is 1. The first kappa shape index (κ1) is 24.0. The number of anilines is 1. The number of nitrogens with one attached hydrogen (secondary N) is 1. The van der Waals surface area contributed by atoms with Gasteiger partial charge in [0.05, 0.1) is 11.2 Å². The molecule has 0 bridgehead atoms. The fourth-order valence-corrected chi connectivity index (χ4v) is 3.95. The largest absolute Gasteiger partial charge is 0.415 e. The molecule has 0 aliphatic rings. The van der Waals surface area contributed by atoms with Crippen LogP contribution in [0.1, 0.15) is 35.3 Å². The molecule has 0 saturated carbocycles. The Hall–Kier alpha value is -4.13. The van der Waals surface area contributed by atoms with Crippen LogP contribution in [0.2, 0.25) is 0 Å². The van der Waals surface area contributed by atoms with Gasteiger partial charge in [-0.25, -0.2) is 9.18 Å². The molecule has 4 aromatic rings. The van der Waals surface area contributed by atoms with Crippen molar-refractivity contribution in [2.75, 3.05) is 18.4 Å². The van der Waals surface area contributed by atoms with Crippen LogP contribution < -0.4 is 10.1 Å². The SMILES string of the molecule is CCN(CC)C(=O)Oc1ccc2c(ccn2Cc2ccc(C)cc2)c1NC(=O)c1cccc(F)c1. The highest BCUT2D eigenvalue weighted by molar-refractivity contribution is 6.10. The number of hydrogen-bond acceptors (Lipinski definition) is 3. The number of carbonyl (C=O) groups excluding carboxylic acids is 2. The summed E-state index contributed by atoms with van der Waals surface area (Å²) in [5.41, 5.74) is 3.72. The fourth-order valence-electron chi connectivity index (χ4n) is 3.95. The Labute approximate surface area is 203 Å². The van der Waals surface area contributed by atoms with E-state index in [9.17, 15) is 14.0 Å². The number of aromatic nitrogens is 1. The third-order valence-electron chi connectivity index (χ3n) is 5.93. The van der Waals surface area contributed by atoms with Crippen molar-refractivity contribution in [2.24, 2.45) is 0 Å². The molecule has 1 N–H and O–H groups in total. The number of aryl methyl sites for hydroxylation is 1. The van der Waals surface area contributed by atoms with Crippen LogP contribution in [0.15, 0.2) is 72.9 Å². The van der Waals surface area contributed by atoms with E-state index in [1.165, 1.54) is 29.8 Å². The topological polar surface area (TPSA) is 63.6 Å². The molecule has 1 aromatic heterocycles. The van der Waals surface area contributed by atoms with Gasteiger partial charge in [0.1, 0.15) is 5.82 Å². The second-order valence-corrected chi connectivity index (χ2v) is 8.31. The van der Waals surface area contributed by atoms with Crippen molar-refractivity contribution in [3.63, 3.8) is 0 Å². The summed E-state index contributed by atoms with van der Waals surface area (Å²) in [6.45, 7) is 7.41. The van der Waals surface area contributed by atoms with Gasteiger partial charge in [-0.1, -0.05) is 35.9 Å². The molecular formula is C28H28FN3O3. The summed E-state index contributed by atoms with van der Waals surface area (Å²) in [5.74, 6) is -0.774. The maximum absolute atomic E-state index is 13.7. The van der Waals surface area contributed by atoms with E-state index >= 15 is 0 Å². The van der Waals surface area contributed by atoms with Crippen LogP contribution in [0.25, 0.3) is 10.9 Å². The lowest BCUT2D eigenvalue weighted by atomic mass is 10.1. The third-order valence-corrected chi connectivity index (χ3v) is 5.93. The molecule has 35 heavy (non-hydrogen) atoms. The predicted octanol–water partition coefficient (Wildman–Crippen LogP) is 6.23. The number of fused-ring (bicyclic) bond motifs is 1. The van der Waals surface area contributed by atoms with E-state index in [1.54, 1.807) is 11.0 Å². The molecule has 7 heteroatoms. The smallest absolute Gasteiger partial charge is 0.408 e. The van der Waals surface area contributed by atoms with Crippen molar-refractivity contribution in [1.82, 2.24) is 9.47 Å². The molecule has 2 amide bonds. The molecular weight excluding hydrogens is 445 g/mol. The van der Waals surface area contributed by atoms with Crippen LogP contribution in [0.3, 0.4) is 0 Å². The number of ether oxygens (including phenoxy) is 1. The highest BCUT2D eigenvalue weighted by Gasteiger charge is 2.20. The van der Waals surface area contributed by atoms with Crippen molar-refractivity contribution >= 4 is 28.6 Å². The highest BCUT2D eigenvalue weighted by atomic mass is 19.1. The molecule has 0 aliphatic heterocycles. The number of amides is 2. The first-order chi connectivity index (χ1) is 16.9. The van der Waals surface area contributed by atoms with Gasteiger partial charge in [-0.2, -0.15) is 0 Å². The number of benzene rings is 3. The van der Waals surface area contributed by atoms with Crippen LogP contribution in [0.4, 0.5) is 14.9 Å². The molecule has 0 fully saturated rings. The van der Waals surface area contributed by atoms with Gasteiger partial charge in [0.25, 0.3) is 5.91 Å². The maximum Gasteiger partial charge on any atom is 0.415 e. The van der Waals surface area contributed by atoms with Gasteiger partial charge in [-0.05, 0) is 62.7 Å². The van der Waals surface area contributed by atoms with Crippen molar-refractivity contribution in [3.8, 4) is 5.75 Å².